The van der Waals surface area contributed by atoms with Gasteiger partial charge in [-0.1, -0.05) is 110 Å². The van der Waals surface area contributed by atoms with E-state index in [1.165, 1.54) is 89.9 Å². The van der Waals surface area contributed by atoms with Gasteiger partial charge in [-0.3, -0.25) is 9.59 Å². The molecule has 0 bridgehead atoms. The molecule has 0 aliphatic rings. The number of nitrogens with one attached hydrogen (secondary N) is 1. The fourth-order valence-electron chi connectivity index (χ4n) is 4.06. The van der Waals surface area contributed by atoms with Crippen molar-refractivity contribution >= 4 is 11.7 Å². The first-order valence-electron chi connectivity index (χ1n) is 13.7. The molecule has 0 fully saturated rings. The zero-order chi connectivity index (χ0) is 22.8. The highest BCUT2D eigenvalue weighted by molar-refractivity contribution is 5.78. The van der Waals surface area contributed by atoms with Gasteiger partial charge in [0, 0.05) is 25.8 Å². The summed E-state index contributed by atoms with van der Waals surface area (Å²) in [6, 6.07) is 0. The molecule has 0 heterocycles. The highest BCUT2D eigenvalue weighted by atomic mass is 16.1. The van der Waals surface area contributed by atoms with E-state index in [2.05, 4.69) is 12.2 Å². The molecule has 4 heteroatoms. The topological polar surface area (TPSA) is 72.2 Å². The third-order valence-corrected chi connectivity index (χ3v) is 6.14. The first-order valence-corrected chi connectivity index (χ1v) is 13.7. The average molecular weight is 439 g/mol. The molecule has 0 aliphatic carbocycles. The van der Waals surface area contributed by atoms with Crippen molar-refractivity contribution in [2.45, 2.75) is 148 Å². The lowest BCUT2D eigenvalue weighted by molar-refractivity contribution is -0.121. The van der Waals surface area contributed by atoms with Crippen LogP contribution in [0.3, 0.4) is 0 Å². The van der Waals surface area contributed by atoms with Gasteiger partial charge in [-0.15, -0.1) is 0 Å². The fraction of sp³-hybridized carbons (Fsp3) is 0.926. The Bertz CT molecular complexity index is 399. The van der Waals surface area contributed by atoms with Crippen LogP contribution in [-0.2, 0) is 9.59 Å². The molecule has 0 unspecified atom stereocenters. The molecule has 0 aromatic carbocycles. The number of carbonyl (C=O) groups is 2. The first kappa shape index (κ1) is 30.1. The third-order valence-electron chi connectivity index (χ3n) is 6.14. The number of hydrogen-bond donors (Lipinski definition) is 2. The minimum Gasteiger partial charge on any atom is -0.356 e. The largest absolute Gasteiger partial charge is 0.356 e. The van der Waals surface area contributed by atoms with E-state index >= 15 is 0 Å². The van der Waals surface area contributed by atoms with Crippen LogP contribution in [0.25, 0.3) is 0 Å². The molecule has 184 valence electrons. The molecule has 0 radical (unpaired) electrons. The highest BCUT2D eigenvalue weighted by Gasteiger charge is 2.02. The number of hydrogen-bond acceptors (Lipinski definition) is 3. The van der Waals surface area contributed by atoms with Crippen molar-refractivity contribution in [3.63, 3.8) is 0 Å². The summed E-state index contributed by atoms with van der Waals surface area (Å²) in [5, 5.41) is 3.06. The van der Waals surface area contributed by atoms with Crippen LogP contribution < -0.4 is 11.1 Å². The van der Waals surface area contributed by atoms with E-state index in [-0.39, 0.29) is 5.91 Å². The third kappa shape index (κ3) is 25.2. The minimum atomic E-state index is 0.224. The molecule has 0 atom stereocenters. The van der Waals surface area contributed by atoms with E-state index in [4.69, 9.17) is 5.73 Å². The van der Waals surface area contributed by atoms with Crippen molar-refractivity contribution in [1.29, 1.82) is 0 Å². The highest BCUT2D eigenvalue weighted by Crippen LogP contribution is 2.13. The van der Waals surface area contributed by atoms with Gasteiger partial charge >= 0.3 is 0 Å². The summed E-state index contributed by atoms with van der Waals surface area (Å²) in [6.07, 6.45) is 26.1. The first-order chi connectivity index (χ1) is 15.2. The van der Waals surface area contributed by atoms with E-state index in [0.717, 1.165) is 38.6 Å². The Balaban J connectivity index is 3.19. The van der Waals surface area contributed by atoms with Gasteiger partial charge in [0.2, 0.25) is 5.91 Å². The van der Waals surface area contributed by atoms with Gasteiger partial charge in [0.15, 0.2) is 0 Å². The Hall–Kier alpha value is -0.900. The van der Waals surface area contributed by atoms with E-state index in [1.54, 1.807) is 0 Å². The molecule has 0 rings (SSSR count). The van der Waals surface area contributed by atoms with Gasteiger partial charge in [-0.25, -0.2) is 0 Å². The summed E-state index contributed by atoms with van der Waals surface area (Å²) in [7, 11) is 0. The number of rotatable bonds is 25. The van der Waals surface area contributed by atoms with Crippen LogP contribution in [0.4, 0.5) is 0 Å². The molecule has 0 saturated heterocycles. The van der Waals surface area contributed by atoms with Gasteiger partial charge in [-0.05, 0) is 25.8 Å². The van der Waals surface area contributed by atoms with Gasteiger partial charge < -0.3 is 11.1 Å². The van der Waals surface area contributed by atoms with E-state index in [0.29, 0.717) is 31.6 Å². The molecule has 0 spiro atoms. The Labute approximate surface area is 193 Å². The lowest BCUT2D eigenvalue weighted by atomic mass is 10.0. The predicted molar refractivity (Wildman–Crippen MR) is 134 cm³/mol. The molecule has 0 aromatic rings. The van der Waals surface area contributed by atoms with Gasteiger partial charge in [-0.2, -0.15) is 0 Å². The number of carbonyl (C=O) groups excluding carboxylic acids is 2. The summed E-state index contributed by atoms with van der Waals surface area (Å²) < 4.78 is 0. The minimum absolute atomic E-state index is 0.224. The maximum Gasteiger partial charge on any atom is 0.219 e. The summed E-state index contributed by atoms with van der Waals surface area (Å²) in [5.74, 6) is 0.523. The van der Waals surface area contributed by atoms with Crippen LogP contribution in [0.5, 0.6) is 0 Å². The molecule has 31 heavy (non-hydrogen) atoms. The number of Topliss-reactive ketones (excluding diaryl/α,β-unsaturated/α-hetero) is 1. The summed E-state index contributed by atoms with van der Waals surface area (Å²) in [6.45, 7) is 3.56. The Morgan fingerprint density at radius 2 is 0.968 bits per heavy atom. The number of nitrogens with two attached hydrogens (primary N) is 1. The van der Waals surface area contributed by atoms with Crippen molar-refractivity contribution in [2.75, 3.05) is 13.1 Å². The number of amides is 1. The summed E-state index contributed by atoms with van der Waals surface area (Å²) in [5.41, 5.74) is 5.38. The second-order valence-corrected chi connectivity index (χ2v) is 9.29. The van der Waals surface area contributed by atoms with Crippen molar-refractivity contribution in [1.82, 2.24) is 5.32 Å². The molecule has 4 nitrogen and oxygen atoms in total. The quantitative estimate of drug-likeness (QED) is 0.148. The standard InChI is InChI=1S/C27H54N2O2/c1-2-3-4-5-6-7-8-9-10-11-12-16-19-22-27(31)29-25-20-17-14-13-15-18-21-26(30)23-24-28/h2-25,28H2,1H3,(H,29,31). The maximum atomic E-state index is 11.9. The van der Waals surface area contributed by atoms with Crippen LogP contribution >= 0.6 is 0 Å². The van der Waals surface area contributed by atoms with Crippen molar-refractivity contribution in [3.05, 3.63) is 0 Å². The fourth-order valence-corrected chi connectivity index (χ4v) is 4.06. The van der Waals surface area contributed by atoms with Gasteiger partial charge in [0.1, 0.15) is 5.78 Å². The van der Waals surface area contributed by atoms with Gasteiger partial charge in [0.25, 0.3) is 0 Å². The molecular weight excluding hydrogens is 384 g/mol. The Morgan fingerprint density at radius 3 is 1.45 bits per heavy atom. The molecular formula is C27H54N2O2. The zero-order valence-corrected chi connectivity index (χ0v) is 20.9. The summed E-state index contributed by atoms with van der Waals surface area (Å²) in [4.78, 5) is 23.3. The van der Waals surface area contributed by atoms with Crippen molar-refractivity contribution in [3.8, 4) is 0 Å². The van der Waals surface area contributed by atoms with E-state index in [9.17, 15) is 9.59 Å². The summed E-state index contributed by atoms with van der Waals surface area (Å²) >= 11 is 0. The monoisotopic (exact) mass is 438 g/mol. The van der Waals surface area contributed by atoms with E-state index in [1.807, 2.05) is 0 Å². The molecule has 3 N–H and O–H groups in total. The number of ketones is 1. The van der Waals surface area contributed by atoms with Gasteiger partial charge in [0.05, 0.1) is 0 Å². The number of unbranched alkanes of at least 4 members (excludes halogenated alkanes) is 17. The van der Waals surface area contributed by atoms with Crippen molar-refractivity contribution in [2.24, 2.45) is 5.73 Å². The zero-order valence-electron chi connectivity index (χ0n) is 20.9. The molecule has 0 saturated carbocycles. The van der Waals surface area contributed by atoms with E-state index < -0.39 is 0 Å². The van der Waals surface area contributed by atoms with Crippen LogP contribution in [-0.4, -0.2) is 24.8 Å². The normalized spacial score (nSPS) is 11.0. The maximum absolute atomic E-state index is 11.9. The lowest BCUT2D eigenvalue weighted by Gasteiger charge is -2.06. The Morgan fingerprint density at radius 1 is 0.548 bits per heavy atom. The van der Waals surface area contributed by atoms with Crippen LogP contribution in [0.15, 0.2) is 0 Å². The second-order valence-electron chi connectivity index (χ2n) is 9.29. The van der Waals surface area contributed by atoms with Crippen LogP contribution in [0.1, 0.15) is 148 Å². The Kier molecular flexibility index (Phi) is 24.6. The smallest absolute Gasteiger partial charge is 0.219 e. The van der Waals surface area contributed by atoms with Crippen LogP contribution in [0, 0.1) is 0 Å². The van der Waals surface area contributed by atoms with Crippen LogP contribution in [0.2, 0.25) is 0 Å². The molecule has 0 aromatic heterocycles. The second kappa shape index (κ2) is 25.4. The SMILES string of the molecule is CCCCCCCCCCCCCCCC(=O)NCCCCCCCCC(=O)CCN. The average Bonchev–Trinajstić information content (AvgIpc) is 2.76. The van der Waals surface area contributed by atoms with Crippen molar-refractivity contribution < 1.29 is 9.59 Å². The lowest BCUT2D eigenvalue weighted by Crippen LogP contribution is -2.23. The predicted octanol–water partition coefficient (Wildman–Crippen LogP) is 7.23. The molecule has 0 aliphatic heterocycles. The molecule has 1 amide bonds.